The van der Waals surface area contributed by atoms with Crippen molar-refractivity contribution in [3.05, 3.63) is 54.1 Å². The van der Waals surface area contributed by atoms with Gasteiger partial charge in [-0.05, 0) is 71.2 Å². The van der Waals surface area contributed by atoms with Crippen molar-refractivity contribution < 1.29 is 0 Å². The lowest BCUT2D eigenvalue weighted by Crippen LogP contribution is -2.22. The molecule has 0 bridgehead atoms. The highest BCUT2D eigenvalue weighted by atomic mass is 79.9. The number of thiophene rings is 1. The molecule has 1 atom stereocenters. The molecule has 0 aliphatic heterocycles. The Morgan fingerprint density at radius 3 is 2.35 bits per heavy atom. The van der Waals surface area contributed by atoms with Gasteiger partial charge in [-0.3, -0.25) is 0 Å². The predicted octanol–water partition coefficient (Wildman–Crippen LogP) is 6.21. The minimum Gasteiger partial charge on any atom is -0.306 e. The number of rotatable bonds is 5. The summed E-state index contributed by atoms with van der Waals surface area (Å²) in [5, 5.41) is 4.91. The molecule has 1 aromatic heterocycles. The molecule has 0 aliphatic carbocycles. The molecule has 5 heteroatoms. The Bertz CT molecular complexity index is 558. The van der Waals surface area contributed by atoms with Gasteiger partial charge in [-0.15, -0.1) is 11.3 Å². The van der Waals surface area contributed by atoms with Crippen LogP contribution in [0.25, 0.3) is 0 Å². The molecule has 0 saturated heterocycles. The smallest absolute Gasteiger partial charge is 0.0731 e. The summed E-state index contributed by atoms with van der Waals surface area (Å²) in [7, 11) is 0. The van der Waals surface area contributed by atoms with E-state index in [0.717, 1.165) is 18.5 Å². The molecule has 1 heterocycles. The molecule has 0 fully saturated rings. The normalized spacial score (nSPS) is 12.7. The molecule has 0 amide bonds. The van der Waals surface area contributed by atoms with Crippen molar-refractivity contribution in [2.75, 3.05) is 6.54 Å². The quantitative estimate of drug-likeness (QED) is 0.637. The van der Waals surface area contributed by atoms with E-state index in [1.54, 1.807) is 17.4 Å². The number of hydrogen-bond donors (Lipinski definition) is 1. The van der Waals surface area contributed by atoms with Gasteiger partial charge in [0.1, 0.15) is 0 Å². The van der Waals surface area contributed by atoms with Crippen LogP contribution in [-0.4, -0.2) is 6.54 Å². The van der Waals surface area contributed by atoms with Crippen LogP contribution >= 0.6 is 50.5 Å². The van der Waals surface area contributed by atoms with Gasteiger partial charge in [-0.1, -0.05) is 30.1 Å². The van der Waals surface area contributed by atoms with Crippen LogP contribution in [-0.2, 0) is 0 Å². The topological polar surface area (TPSA) is 12.0 Å². The molecule has 1 N–H and O–H groups in total. The second-order valence-electron chi connectivity index (χ2n) is 4.70. The Labute approximate surface area is 142 Å². The molecule has 0 aliphatic rings. The molecule has 1 unspecified atom stereocenters. The molecule has 0 spiro atoms. The molecule has 2 rings (SSSR count). The number of nitrogens with one attached hydrogen (secondary N) is 1. The number of hydrogen-bond acceptors (Lipinski definition) is 2. The molecule has 20 heavy (non-hydrogen) atoms. The van der Waals surface area contributed by atoms with Gasteiger partial charge in [0, 0.05) is 14.9 Å². The zero-order chi connectivity index (χ0) is 14.7. The van der Waals surface area contributed by atoms with Crippen molar-refractivity contribution in [3.63, 3.8) is 0 Å². The van der Waals surface area contributed by atoms with E-state index in [4.69, 9.17) is 23.2 Å². The van der Waals surface area contributed by atoms with E-state index in [0.29, 0.717) is 10.0 Å². The third kappa shape index (κ3) is 3.99. The van der Waals surface area contributed by atoms with Crippen LogP contribution in [0.2, 0.25) is 10.0 Å². The lowest BCUT2D eigenvalue weighted by atomic mass is 10.0. The average Bonchev–Trinajstić information content (AvgIpc) is 2.69. The summed E-state index contributed by atoms with van der Waals surface area (Å²) in [5.41, 5.74) is 2.35. The summed E-state index contributed by atoms with van der Waals surface area (Å²) >= 11 is 17.6. The highest BCUT2D eigenvalue weighted by Crippen LogP contribution is 2.35. The van der Waals surface area contributed by atoms with Crippen molar-refractivity contribution in [1.82, 2.24) is 5.32 Å². The first kappa shape index (κ1) is 16.3. The van der Waals surface area contributed by atoms with Gasteiger partial charge in [0.25, 0.3) is 0 Å². The number of benzene rings is 1. The second kappa shape index (κ2) is 7.28. The van der Waals surface area contributed by atoms with Gasteiger partial charge < -0.3 is 5.32 Å². The van der Waals surface area contributed by atoms with E-state index in [9.17, 15) is 0 Å². The molecular formula is C15H16BrCl2NS. The van der Waals surface area contributed by atoms with Crippen LogP contribution in [0.15, 0.2) is 28.1 Å². The molecule has 0 radical (unpaired) electrons. The Morgan fingerprint density at radius 1 is 1.20 bits per heavy atom. The summed E-state index contributed by atoms with van der Waals surface area (Å²) in [4.78, 5) is 1.26. The minimum atomic E-state index is 0.126. The Balaban J connectivity index is 2.40. The molecule has 0 saturated carbocycles. The number of halogens is 3. The van der Waals surface area contributed by atoms with Gasteiger partial charge in [0.05, 0.1) is 9.83 Å². The Kier molecular flexibility index (Phi) is 5.94. The van der Waals surface area contributed by atoms with Gasteiger partial charge in [0.15, 0.2) is 0 Å². The van der Waals surface area contributed by atoms with Crippen molar-refractivity contribution in [3.8, 4) is 0 Å². The van der Waals surface area contributed by atoms with Gasteiger partial charge in [-0.2, -0.15) is 0 Å². The lowest BCUT2D eigenvalue weighted by molar-refractivity contribution is 0.606. The SMILES string of the molecule is CCCNC(c1cc(Cl)cc(Cl)c1)c1cc(C)c(Br)s1. The fourth-order valence-corrected chi connectivity index (χ4v) is 4.26. The van der Waals surface area contributed by atoms with E-state index >= 15 is 0 Å². The fraction of sp³-hybridized carbons (Fsp3) is 0.333. The first-order chi connectivity index (χ1) is 9.51. The summed E-state index contributed by atoms with van der Waals surface area (Å²) in [6.45, 7) is 5.21. The largest absolute Gasteiger partial charge is 0.306 e. The maximum Gasteiger partial charge on any atom is 0.0731 e. The predicted molar refractivity (Wildman–Crippen MR) is 93.4 cm³/mol. The average molecular weight is 393 g/mol. The summed E-state index contributed by atoms with van der Waals surface area (Å²) < 4.78 is 1.17. The van der Waals surface area contributed by atoms with Crippen LogP contribution in [0.3, 0.4) is 0 Å². The van der Waals surface area contributed by atoms with Crippen LogP contribution in [0.1, 0.15) is 35.4 Å². The number of aryl methyl sites for hydroxylation is 1. The molecule has 2 aromatic rings. The van der Waals surface area contributed by atoms with Crippen LogP contribution in [0.5, 0.6) is 0 Å². The summed E-state index contributed by atoms with van der Waals surface area (Å²) in [5.74, 6) is 0. The zero-order valence-corrected chi connectivity index (χ0v) is 15.3. The third-order valence-electron chi connectivity index (χ3n) is 2.98. The van der Waals surface area contributed by atoms with Gasteiger partial charge >= 0.3 is 0 Å². The Morgan fingerprint density at radius 2 is 1.85 bits per heavy atom. The van der Waals surface area contributed by atoms with Crippen molar-refractivity contribution in [2.45, 2.75) is 26.3 Å². The van der Waals surface area contributed by atoms with Crippen LogP contribution < -0.4 is 5.32 Å². The van der Waals surface area contributed by atoms with Gasteiger partial charge in [-0.25, -0.2) is 0 Å². The first-order valence-electron chi connectivity index (χ1n) is 6.46. The highest BCUT2D eigenvalue weighted by Gasteiger charge is 2.18. The summed E-state index contributed by atoms with van der Waals surface area (Å²) in [6, 6.07) is 8.05. The van der Waals surface area contributed by atoms with Crippen LogP contribution in [0, 0.1) is 6.92 Å². The van der Waals surface area contributed by atoms with Crippen molar-refractivity contribution in [1.29, 1.82) is 0 Å². The molecule has 1 aromatic carbocycles. The minimum absolute atomic E-state index is 0.126. The molecule has 1 nitrogen and oxygen atoms in total. The highest BCUT2D eigenvalue weighted by molar-refractivity contribution is 9.11. The standard InChI is InChI=1S/C15H16BrCl2NS/c1-3-4-19-14(13-5-9(2)15(16)20-13)10-6-11(17)8-12(18)7-10/h5-8,14,19H,3-4H2,1-2H3. The van der Waals surface area contributed by atoms with Crippen LogP contribution in [0.4, 0.5) is 0 Å². The summed E-state index contributed by atoms with van der Waals surface area (Å²) in [6.07, 6.45) is 1.08. The molecular weight excluding hydrogens is 377 g/mol. The van der Waals surface area contributed by atoms with E-state index in [-0.39, 0.29) is 6.04 Å². The van der Waals surface area contributed by atoms with E-state index in [1.165, 1.54) is 14.2 Å². The van der Waals surface area contributed by atoms with E-state index < -0.39 is 0 Å². The van der Waals surface area contributed by atoms with E-state index in [1.807, 2.05) is 12.1 Å². The monoisotopic (exact) mass is 391 g/mol. The van der Waals surface area contributed by atoms with Gasteiger partial charge in [0.2, 0.25) is 0 Å². The Hall–Kier alpha value is -0.0600. The first-order valence-corrected chi connectivity index (χ1v) is 8.83. The van der Waals surface area contributed by atoms with E-state index in [2.05, 4.69) is 41.2 Å². The zero-order valence-electron chi connectivity index (χ0n) is 11.3. The maximum absolute atomic E-state index is 6.13. The lowest BCUT2D eigenvalue weighted by Gasteiger charge is -2.18. The van der Waals surface area contributed by atoms with Crippen molar-refractivity contribution >= 4 is 50.5 Å². The second-order valence-corrected chi connectivity index (χ2v) is 7.97. The third-order valence-corrected chi connectivity index (χ3v) is 5.62. The van der Waals surface area contributed by atoms with Crippen molar-refractivity contribution in [2.24, 2.45) is 0 Å². The molecule has 108 valence electrons. The fourth-order valence-electron chi connectivity index (χ4n) is 2.04. The maximum atomic E-state index is 6.13.